The van der Waals surface area contributed by atoms with Gasteiger partial charge in [-0.2, -0.15) is 0 Å². The molecule has 0 spiro atoms. The summed E-state index contributed by atoms with van der Waals surface area (Å²) < 4.78 is 4.88. The highest BCUT2D eigenvalue weighted by molar-refractivity contribution is 6.44. The SMILES string of the molecule is O=C(COC(=O)CCN1C(=O)c2ccccc2C1=O)Nc1cccc(Cl)c1Cl. The first-order valence-electron chi connectivity index (χ1n) is 8.23. The molecule has 1 aliphatic rings. The van der Waals surface area contributed by atoms with Crippen LogP contribution in [0.5, 0.6) is 0 Å². The standard InChI is InChI=1S/C19H14Cl2N2O5/c20-13-6-3-7-14(17(13)21)22-15(24)10-28-16(25)8-9-23-18(26)11-4-1-2-5-12(11)19(23)27/h1-7H,8-10H2,(H,22,24). The Kier molecular flexibility index (Phi) is 5.96. The third-order valence-corrected chi connectivity index (χ3v) is 4.83. The van der Waals surface area contributed by atoms with Gasteiger partial charge in [0, 0.05) is 6.54 Å². The molecule has 1 heterocycles. The lowest BCUT2D eigenvalue weighted by molar-refractivity contribution is -0.147. The molecular weight excluding hydrogens is 407 g/mol. The van der Waals surface area contributed by atoms with Crippen LogP contribution in [0.2, 0.25) is 10.0 Å². The van der Waals surface area contributed by atoms with Crippen LogP contribution >= 0.6 is 23.2 Å². The molecule has 9 heteroatoms. The van der Waals surface area contributed by atoms with Gasteiger partial charge in [-0.05, 0) is 24.3 Å². The van der Waals surface area contributed by atoms with Crippen molar-refractivity contribution in [3.05, 3.63) is 63.6 Å². The minimum absolute atomic E-state index is 0.132. The van der Waals surface area contributed by atoms with Gasteiger partial charge in [0.2, 0.25) is 0 Å². The topological polar surface area (TPSA) is 92.8 Å². The summed E-state index contributed by atoms with van der Waals surface area (Å²) in [7, 11) is 0. The summed E-state index contributed by atoms with van der Waals surface area (Å²) in [4.78, 5) is 49.2. The van der Waals surface area contributed by atoms with Crippen LogP contribution in [0.3, 0.4) is 0 Å². The van der Waals surface area contributed by atoms with Crippen LogP contribution in [-0.2, 0) is 14.3 Å². The number of ether oxygens (including phenoxy) is 1. The lowest BCUT2D eigenvalue weighted by Crippen LogP contribution is -2.32. The van der Waals surface area contributed by atoms with Gasteiger partial charge in [-0.25, -0.2) is 0 Å². The number of imide groups is 1. The molecule has 1 aliphatic heterocycles. The van der Waals surface area contributed by atoms with E-state index >= 15 is 0 Å². The van der Waals surface area contributed by atoms with E-state index in [1.807, 2.05) is 0 Å². The number of amides is 3. The molecule has 0 aliphatic carbocycles. The summed E-state index contributed by atoms with van der Waals surface area (Å²) in [5.74, 6) is -2.23. The second-order valence-corrected chi connectivity index (χ2v) is 6.65. The zero-order valence-corrected chi connectivity index (χ0v) is 15.9. The number of hydrogen-bond donors (Lipinski definition) is 1. The lowest BCUT2D eigenvalue weighted by atomic mass is 10.1. The van der Waals surface area contributed by atoms with E-state index in [2.05, 4.69) is 5.32 Å². The molecule has 2 aromatic rings. The second-order valence-electron chi connectivity index (χ2n) is 5.87. The highest BCUT2D eigenvalue weighted by Gasteiger charge is 2.35. The highest BCUT2D eigenvalue weighted by atomic mass is 35.5. The van der Waals surface area contributed by atoms with Crippen molar-refractivity contribution in [2.45, 2.75) is 6.42 Å². The molecule has 0 aromatic heterocycles. The van der Waals surface area contributed by atoms with Crippen LogP contribution < -0.4 is 5.32 Å². The van der Waals surface area contributed by atoms with Gasteiger partial charge in [-0.1, -0.05) is 41.4 Å². The Balaban J connectivity index is 1.48. The zero-order chi connectivity index (χ0) is 20.3. The number of esters is 1. The minimum atomic E-state index is -0.719. The fraction of sp³-hybridized carbons (Fsp3) is 0.158. The fourth-order valence-corrected chi connectivity index (χ4v) is 3.00. The summed E-state index contributed by atoms with van der Waals surface area (Å²) in [5, 5.41) is 2.93. The maximum Gasteiger partial charge on any atom is 0.308 e. The number of rotatable bonds is 6. The molecule has 3 amide bonds. The second kappa shape index (κ2) is 8.41. The molecule has 1 N–H and O–H groups in total. The van der Waals surface area contributed by atoms with E-state index in [9.17, 15) is 19.2 Å². The molecule has 0 atom stereocenters. The van der Waals surface area contributed by atoms with Crippen molar-refractivity contribution in [2.24, 2.45) is 0 Å². The van der Waals surface area contributed by atoms with Gasteiger partial charge >= 0.3 is 5.97 Å². The average Bonchev–Trinajstić information content (AvgIpc) is 2.93. The van der Waals surface area contributed by atoms with Crippen LogP contribution in [0, 0.1) is 0 Å². The molecule has 0 unspecified atom stereocenters. The van der Waals surface area contributed by atoms with Crippen LogP contribution in [0.15, 0.2) is 42.5 Å². The van der Waals surface area contributed by atoms with Crippen LogP contribution in [0.1, 0.15) is 27.1 Å². The number of anilines is 1. The van der Waals surface area contributed by atoms with E-state index in [0.717, 1.165) is 4.90 Å². The van der Waals surface area contributed by atoms with E-state index in [1.165, 1.54) is 0 Å². The normalized spacial score (nSPS) is 12.7. The van der Waals surface area contributed by atoms with E-state index in [1.54, 1.807) is 42.5 Å². The van der Waals surface area contributed by atoms with Crippen molar-refractivity contribution in [3.8, 4) is 0 Å². The minimum Gasteiger partial charge on any atom is -0.456 e. The number of nitrogens with zero attached hydrogens (tertiary/aromatic N) is 1. The molecule has 0 saturated carbocycles. The zero-order valence-electron chi connectivity index (χ0n) is 14.4. The predicted octanol–water partition coefficient (Wildman–Crippen LogP) is 3.16. The molecule has 0 bridgehead atoms. The van der Waals surface area contributed by atoms with Crippen molar-refractivity contribution in [2.75, 3.05) is 18.5 Å². The van der Waals surface area contributed by atoms with Gasteiger partial charge in [0.15, 0.2) is 6.61 Å². The van der Waals surface area contributed by atoms with Crippen molar-refractivity contribution >= 4 is 52.6 Å². The predicted molar refractivity (Wildman–Crippen MR) is 102 cm³/mol. The molecule has 0 saturated heterocycles. The van der Waals surface area contributed by atoms with Crippen LogP contribution in [0.4, 0.5) is 5.69 Å². The van der Waals surface area contributed by atoms with Gasteiger partial charge < -0.3 is 10.1 Å². The summed E-state index contributed by atoms with van der Waals surface area (Å²) >= 11 is 11.8. The third-order valence-electron chi connectivity index (χ3n) is 4.01. The first-order chi connectivity index (χ1) is 13.4. The van der Waals surface area contributed by atoms with E-state index in [0.29, 0.717) is 16.8 Å². The van der Waals surface area contributed by atoms with Gasteiger partial charge in [0.1, 0.15) is 0 Å². The fourth-order valence-electron chi connectivity index (χ4n) is 2.65. The van der Waals surface area contributed by atoms with Crippen molar-refractivity contribution < 1.29 is 23.9 Å². The summed E-state index contributed by atoms with van der Waals surface area (Å²) in [6, 6.07) is 11.2. The number of halogens is 2. The Labute approximate surface area is 170 Å². The van der Waals surface area contributed by atoms with Crippen molar-refractivity contribution in [1.29, 1.82) is 0 Å². The largest absolute Gasteiger partial charge is 0.456 e. The Bertz CT molecular complexity index is 942. The Morgan fingerprint density at radius 1 is 0.964 bits per heavy atom. The van der Waals surface area contributed by atoms with Crippen LogP contribution in [-0.4, -0.2) is 41.7 Å². The van der Waals surface area contributed by atoms with Gasteiger partial charge in [0.05, 0.1) is 33.3 Å². The summed E-state index contributed by atoms with van der Waals surface area (Å²) in [6.07, 6.45) is -0.226. The number of hydrogen-bond acceptors (Lipinski definition) is 5. The smallest absolute Gasteiger partial charge is 0.308 e. The first kappa shape index (κ1) is 19.9. The Morgan fingerprint density at radius 3 is 2.25 bits per heavy atom. The number of benzene rings is 2. The van der Waals surface area contributed by atoms with E-state index in [-0.39, 0.29) is 23.0 Å². The third kappa shape index (κ3) is 4.16. The number of fused-ring (bicyclic) bond motifs is 1. The van der Waals surface area contributed by atoms with E-state index in [4.69, 9.17) is 27.9 Å². The molecule has 144 valence electrons. The van der Waals surface area contributed by atoms with Gasteiger partial charge in [-0.3, -0.25) is 24.1 Å². The lowest BCUT2D eigenvalue weighted by Gasteiger charge is -2.13. The molecule has 3 rings (SSSR count). The average molecular weight is 421 g/mol. The molecule has 28 heavy (non-hydrogen) atoms. The molecular formula is C19H14Cl2N2O5. The number of carbonyl (C=O) groups is 4. The van der Waals surface area contributed by atoms with Crippen LogP contribution in [0.25, 0.3) is 0 Å². The summed E-state index contributed by atoms with van der Waals surface area (Å²) in [6.45, 7) is -0.670. The number of carbonyl (C=O) groups excluding carboxylic acids is 4. The summed E-state index contributed by atoms with van der Waals surface area (Å²) in [5.41, 5.74) is 0.901. The number of nitrogens with one attached hydrogen (secondary N) is 1. The van der Waals surface area contributed by atoms with E-state index < -0.39 is 30.3 Å². The monoisotopic (exact) mass is 420 g/mol. The maximum atomic E-state index is 12.2. The van der Waals surface area contributed by atoms with Crippen molar-refractivity contribution in [1.82, 2.24) is 4.90 Å². The van der Waals surface area contributed by atoms with Gasteiger partial charge in [0.25, 0.3) is 17.7 Å². The maximum absolute atomic E-state index is 12.2. The molecule has 2 aromatic carbocycles. The van der Waals surface area contributed by atoms with Crippen molar-refractivity contribution in [3.63, 3.8) is 0 Å². The first-order valence-corrected chi connectivity index (χ1v) is 8.99. The van der Waals surface area contributed by atoms with Gasteiger partial charge in [-0.15, -0.1) is 0 Å². The Hall–Kier alpha value is -2.90. The molecule has 0 fully saturated rings. The Morgan fingerprint density at radius 2 is 1.61 bits per heavy atom. The quantitative estimate of drug-likeness (QED) is 0.572. The highest BCUT2D eigenvalue weighted by Crippen LogP contribution is 2.29. The molecule has 7 nitrogen and oxygen atoms in total. The molecule has 0 radical (unpaired) electrons.